The standard InChI is InChI=1S/C17H26ClN3O/c1-13(2)12-19-17(22)14(3)20-7-9-21(10-8-20)16-6-4-5-15(18)11-16/h4-6,11,13-14H,7-10,12H2,1-3H3,(H,19,22)/t14-/m0/s1. The Hall–Kier alpha value is -1.26. The third kappa shape index (κ3) is 4.62. The predicted molar refractivity (Wildman–Crippen MR) is 92.5 cm³/mol. The molecular weight excluding hydrogens is 298 g/mol. The van der Waals surface area contributed by atoms with E-state index in [2.05, 4.69) is 35.0 Å². The summed E-state index contributed by atoms with van der Waals surface area (Å²) in [5.41, 5.74) is 1.16. The van der Waals surface area contributed by atoms with Crippen LogP contribution in [0.25, 0.3) is 0 Å². The van der Waals surface area contributed by atoms with Crippen molar-refractivity contribution in [3.63, 3.8) is 0 Å². The van der Waals surface area contributed by atoms with E-state index in [9.17, 15) is 4.79 Å². The lowest BCUT2D eigenvalue weighted by atomic mass is 10.1. The van der Waals surface area contributed by atoms with Crippen molar-refractivity contribution in [3.8, 4) is 0 Å². The number of hydrogen-bond acceptors (Lipinski definition) is 3. The molecule has 1 amide bonds. The summed E-state index contributed by atoms with van der Waals surface area (Å²) in [4.78, 5) is 16.7. The lowest BCUT2D eigenvalue weighted by Crippen LogP contribution is -2.54. The summed E-state index contributed by atoms with van der Waals surface area (Å²) < 4.78 is 0. The molecule has 0 saturated carbocycles. The van der Waals surface area contributed by atoms with Crippen LogP contribution in [0.1, 0.15) is 20.8 Å². The van der Waals surface area contributed by atoms with E-state index in [1.54, 1.807) is 0 Å². The molecule has 0 bridgehead atoms. The van der Waals surface area contributed by atoms with Crippen molar-refractivity contribution >= 4 is 23.2 Å². The van der Waals surface area contributed by atoms with Gasteiger partial charge in [-0.15, -0.1) is 0 Å². The number of anilines is 1. The first-order valence-electron chi connectivity index (χ1n) is 7.99. The van der Waals surface area contributed by atoms with Crippen LogP contribution in [-0.2, 0) is 4.79 Å². The van der Waals surface area contributed by atoms with Gasteiger partial charge in [0.05, 0.1) is 6.04 Å². The number of carbonyl (C=O) groups excluding carboxylic acids is 1. The summed E-state index contributed by atoms with van der Waals surface area (Å²) in [7, 11) is 0. The van der Waals surface area contributed by atoms with E-state index in [0.717, 1.165) is 43.4 Å². The number of carbonyl (C=O) groups is 1. The minimum absolute atomic E-state index is 0.0692. The number of rotatable bonds is 5. The van der Waals surface area contributed by atoms with Gasteiger partial charge in [0.15, 0.2) is 0 Å². The molecule has 1 aromatic carbocycles. The average molecular weight is 324 g/mol. The van der Waals surface area contributed by atoms with Crippen LogP contribution in [0.5, 0.6) is 0 Å². The Labute approximate surface area is 138 Å². The minimum Gasteiger partial charge on any atom is -0.369 e. The minimum atomic E-state index is -0.0692. The van der Waals surface area contributed by atoms with Gasteiger partial charge in [0.25, 0.3) is 0 Å². The van der Waals surface area contributed by atoms with Gasteiger partial charge in [-0.3, -0.25) is 9.69 Å². The zero-order chi connectivity index (χ0) is 16.1. The van der Waals surface area contributed by atoms with Crippen LogP contribution in [-0.4, -0.2) is 49.6 Å². The van der Waals surface area contributed by atoms with Crippen molar-refractivity contribution < 1.29 is 4.79 Å². The SMILES string of the molecule is CC(C)CNC(=O)[C@H](C)N1CCN(c2cccc(Cl)c2)CC1. The van der Waals surface area contributed by atoms with Gasteiger partial charge >= 0.3 is 0 Å². The molecule has 1 aliphatic rings. The van der Waals surface area contributed by atoms with Gasteiger partial charge in [-0.2, -0.15) is 0 Å². The van der Waals surface area contributed by atoms with Gasteiger partial charge in [-0.1, -0.05) is 31.5 Å². The fourth-order valence-electron chi connectivity index (χ4n) is 2.66. The first kappa shape index (κ1) is 17.1. The molecule has 1 aliphatic heterocycles. The Morgan fingerprint density at radius 1 is 1.23 bits per heavy atom. The zero-order valence-electron chi connectivity index (χ0n) is 13.7. The Morgan fingerprint density at radius 2 is 1.91 bits per heavy atom. The highest BCUT2D eigenvalue weighted by Gasteiger charge is 2.25. The lowest BCUT2D eigenvalue weighted by molar-refractivity contribution is -0.126. The molecule has 1 fully saturated rings. The van der Waals surface area contributed by atoms with E-state index in [0.29, 0.717) is 5.92 Å². The first-order valence-corrected chi connectivity index (χ1v) is 8.37. The molecular formula is C17H26ClN3O. The molecule has 2 rings (SSSR count). The van der Waals surface area contributed by atoms with Gasteiger partial charge < -0.3 is 10.2 Å². The third-order valence-electron chi connectivity index (χ3n) is 4.10. The smallest absolute Gasteiger partial charge is 0.237 e. The highest BCUT2D eigenvalue weighted by Crippen LogP contribution is 2.21. The van der Waals surface area contributed by atoms with Gasteiger partial charge in [0, 0.05) is 43.4 Å². The summed E-state index contributed by atoms with van der Waals surface area (Å²) in [5.74, 6) is 0.612. The van der Waals surface area contributed by atoms with Crippen molar-refractivity contribution in [2.75, 3.05) is 37.6 Å². The van der Waals surface area contributed by atoms with Gasteiger partial charge in [0.1, 0.15) is 0 Å². The van der Waals surface area contributed by atoms with Crippen molar-refractivity contribution in [3.05, 3.63) is 29.3 Å². The Balaban J connectivity index is 1.85. The summed E-state index contributed by atoms with van der Waals surface area (Å²) in [6.07, 6.45) is 0. The van der Waals surface area contributed by atoms with Crippen LogP contribution < -0.4 is 10.2 Å². The number of hydrogen-bond donors (Lipinski definition) is 1. The van der Waals surface area contributed by atoms with Crippen molar-refractivity contribution in [1.29, 1.82) is 0 Å². The molecule has 0 aliphatic carbocycles. The highest BCUT2D eigenvalue weighted by atomic mass is 35.5. The summed E-state index contributed by atoms with van der Waals surface area (Å²) in [6.45, 7) is 10.6. The number of halogens is 1. The van der Waals surface area contributed by atoms with Crippen LogP contribution in [0.4, 0.5) is 5.69 Å². The largest absolute Gasteiger partial charge is 0.369 e. The molecule has 0 radical (unpaired) electrons. The van der Waals surface area contributed by atoms with Crippen LogP contribution in [0, 0.1) is 5.92 Å². The van der Waals surface area contributed by atoms with Crippen molar-refractivity contribution in [2.24, 2.45) is 5.92 Å². The van der Waals surface area contributed by atoms with Crippen LogP contribution in [0.15, 0.2) is 24.3 Å². The van der Waals surface area contributed by atoms with E-state index in [4.69, 9.17) is 11.6 Å². The molecule has 1 saturated heterocycles. The second-order valence-corrected chi connectivity index (χ2v) is 6.75. The van der Waals surface area contributed by atoms with Crippen molar-refractivity contribution in [2.45, 2.75) is 26.8 Å². The van der Waals surface area contributed by atoms with E-state index >= 15 is 0 Å². The number of nitrogens with one attached hydrogen (secondary N) is 1. The molecule has 1 atom stereocenters. The van der Waals surface area contributed by atoms with Crippen LogP contribution >= 0.6 is 11.6 Å². The molecule has 1 N–H and O–H groups in total. The predicted octanol–water partition coefficient (Wildman–Crippen LogP) is 2.62. The van der Waals surface area contributed by atoms with Gasteiger partial charge in [-0.25, -0.2) is 0 Å². The monoisotopic (exact) mass is 323 g/mol. The quantitative estimate of drug-likeness (QED) is 0.905. The third-order valence-corrected chi connectivity index (χ3v) is 4.33. The maximum absolute atomic E-state index is 12.2. The topological polar surface area (TPSA) is 35.6 Å². The number of piperazine rings is 1. The van der Waals surface area contributed by atoms with E-state index in [1.165, 1.54) is 0 Å². The Bertz CT molecular complexity index is 498. The highest BCUT2D eigenvalue weighted by molar-refractivity contribution is 6.30. The lowest BCUT2D eigenvalue weighted by Gasteiger charge is -2.38. The zero-order valence-corrected chi connectivity index (χ0v) is 14.4. The van der Waals surface area contributed by atoms with Crippen molar-refractivity contribution in [1.82, 2.24) is 10.2 Å². The molecule has 4 nitrogen and oxygen atoms in total. The van der Waals surface area contributed by atoms with Crippen LogP contribution in [0.2, 0.25) is 5.02 Å². The van der Waals surface area contributed by atoms with Crippen LogP contribution in [0.3, 0.4) is 0 Å². The Kier molecular flexibility index (Phi) is 6.09. The molecule has 122 valence electrons. The maximum Gasteiger partial charge on any atom is 0.237 e. The molecule has 22 heavy (non-hydrogen) atoms. The fraction of sp³-hybridized carbons (Fsp3) is 0.588. The van der Waals surface area contributed by atoms with E-state index in [1.807, 2.05) is 25.1 Å². The van der Waals surface area contributed by atoms with Gasteiger partial charge in [-0.05, 0) is 31.0 Å². The summed E-state index contributed by atoms with van der Waals surface area (Å²) in [6, 6.07) is 7.88. The van der Waals surface area contributed by atoms with E-state index in [-0.39, 0.29) is 11.9 Å². The summed E-state index contributed by atoms with van der Waals surface area (Å²) >= 11 is 6.05. The first-order chi connectivity index (χ1) is 10.5. The molecule has 1 aromatic rings. The van der Waals surface area contributed by atoms with Gasteiger partial charge in [0.2, 0.25) is 5.91 Å². The number of nitrogens with zero attached hydrogens (tertiary/aromatic N) is 2. The summed E-state index contributed by atoms with van der Waals surface area (Å²) in [5, 5.41) is 3.78. The molecule has 0 aromatic heterocycles. The normalized spacial score (nSPS) is 17.6. The fourth-order valence-corrected chi connectivity index (χ4v) is 2.84. The number of amides is 1. The molecule has 5 heteroatoms. The second kappa shape index (κ2) is 7.84. The maximum atomic E-state index is 12.2. The number of benzene rings is 1. The molecule has 1 heterocycles. The van der Waals surface area contributed by atoms with E-state index < -0.39 is 0 Å². The second-order valence-electron chi connectivity index (χ2n) is 6.32. The Morgan fingerprint density at radius 3 is 2.50 bits per heavy atom. The molecule has 0 spiro atoms. The molecule has 0 unspecified atom stereocenters. The average Bonchev–Trinajstić information content (AvgIpc) is 2.52.